The van der Waals surface area contributed by atoms with E-state index in [9.17, 15) is 9.18 Å². The molecule has 1 aliphatic heterocycles. The molecule has 1 atom stereocenters. The first-order valence-corrected chi connectivity index (χ1v) is 6.60. The molecule has 0 aromatic heterocycles. The van der Waals surface area contributed by atoms with E-state index < -0.39 is 0 Å². The van der Waals surface area contributed by atoms with Crippen molar-refractivity contribution in [3.8, 4) is 0 Å². The van der Waals surface area contributed by atoms with Crippen LogP contribution in [-0.4, -0.2) is 18.9 Å². The summed E-state index contributed by atoms with van der Waals surface area (Å²) < 4.78 is 13.4. The van der Waals surface area contributed by atoms with Crippen LogP contribution in [0, 0.1) is 18.2 Å². The van der Waals surface area contributed by atoms with Crippen LogP contribution in [0.25, 0.3) is 0 Å². The lowest BCUT2D eigenvalue weighted by Gasteiger charge is -2.35. The molecular formula is C15H20FNO. The Labute approximate surface area is 108 Å². The first kappa shape index (κ1) is 13.2. The number of halogens is 1. The van der Waals surface area contributed by atoms with Crippen molar-refractivity contribution < 1.29 is 9.18 Å². The number of benzene rings is 1. The Balaban J connectivity index is 2.33. The SMILES string of the molecule is CCC1(C(=O)c2cc(C)cc(F)c2)CCCNC1. The van der Waals surface area contributed by atoms with Crippen LogP contribution < -0.4 is 5.32 Å². The first-order valence-electron chi connectivity index (χ1n) is 6.60. The molecule has 1 aromatic rings. The van der Waals surface area contributed by atoms with E-state index >= 15 is 0 Å². The zero-order chi connectivity index (χ0) is 13.2. The Bertz CT molecular complexity index is 430. The predicted molar refractivity (Wildman–Crippen MR) is 70.3 cm³/mol. The fourth-order valence-electron chi connectivity index (χ4n) is 2.80. The molecule has 0 radical (unpaired) electrons. The van der Waals surface area contributed by atoms with Crippen molar-refractivity contribution in [2.24, 2.45) is 5.41 Å². The third-order valence-electron chi connectivity index (χ3n) is 3.94. The van der Waals surface area contributed by atoms with Gasteiger partial charge in [0.1, 0.15) is 5.82 Å². The molecule has 2 nitrogen and oxygen atoms in total. The zero-order valence-electron chi connectivity index (χ0n) is 11.1. The summed E-state index contributed by atoms with van der Waals surface area (Å²) >= 11 is 0. The maximum Gasteiger partial charge on any atom is 0.170 e. The van der Waals surface area contributed by atoms with Gasteiger partial charge in [0.15, 0.2) is 5.78 Å². The highest BCUT2D eigenvalue weighted by Gasteiger charge is 2.38. The quantitative estimate of drug-likeness (QED) is 0.834. The van der Waals surface area contributed by atoms with Gasteiger partial charge in [0.05, 0.1) is 0 Å². The average molecular weight is 249 g/mol. The van der Waals surface area contributed by atoms with Crippen LogP contribution in [-0.2, 0) is 0 Å². The second-order valence-corrected chi connectivity index (χ2v) is 5.26. The molecule has 1 unspecified atom stereocenters. The summed E-state index contributed by atoms with van der Waals surface area (Å²) in [7, 11) is 0. The maximum atomic E-state index is 13.4. The fraction of sp³-hybridized carbons (Fsp3) is 0.533. The number of hydrogen-bond donors (Lipinski definition) is 1. The summed E-state index contributed by atoms with van der Waals surface area (Å²) in [5, 5.41) is 3.29. The molecule has 0 saturated carbocycles. The second-order valence-electron chi connectivity index (χ2n) is 5.26. The average Bonchev–Trinajstić information content (AvgIpc) is 2.37. The maximum absolute atomic E-state index is 13.4. The number of Topliss-reactive ketones (excluding diaryl/α,β-unsaturated/α-hetero) is 1. The predicted octanol–water partition coefficient (Wildman–Crippen LogP) is 3.10. The Hall–Kier alpha value is -1.22. The number of nitrogens with one attached hydrogen (secondary N) is 1. The highest BCUT2D eigenvalue weighted by Crippen LogP contribution is 2.34. The molecule has 1 aromatic carbocycles. The van der Waals surface area contributed by atoms with Crippen molar-refractivity contribution in [2.45, 2.75) is 33.1 Å². The van der Waals surface area contributed by atoms with Gasteiger partial charge in [0, 0.05) is 17.5 Å². The van der Waals surface area contributed by atoms with Crippen LogP contribution in [0.3, 0.4) is 0 Å². The molecule has 98 valence electrons. The smallest absolute Gasteiger partial charge is 0.170 e. The highest BCUT2D eigenvalue weighted by molar-refractivity contribution is 6.01. The number of ketones is 1. The Morgan fingerprint density at radius 2 is 2.22 bits per heavy atom. The van der Waals surface area contributed by atoms with Crippen molar-refractivity contribution in [2.75, 3.05) is 13.1 Å². The second kappa shape index (κ2) is 5.19. The third-order valence-corrected chi connectivity index (χ3v) is 3.94. The number of carbonyl (C=O) groups excluding carboxylic acids is 1. The van der Waals surface area contributed by atoms with Gasteiger partial charge < -0.3 is 5.32 Å². The van der Waals surface area contributed by atoms with Crippen LogP contribution in [0.5, 0.6) is 0 Å². The van der Waals surface area contributed by atoms with Gasteiger partial charge in [-0.1, -0.05) is 6.92 Å². The minimum atomic E-state index is -0.349. The van der Waals surface area contributed by atoms with Crippen LogP contribution in [0.15, 0.2) is 18.2 Å². The molecule has 2 rings (SSSR count). The molecule has 1 aliphatic rings. The molecule has 1 heterocycles. The van der Waals surface area contributed by atoms with Crippen molar-refractivity contribution in [3.63, 3.8) is 0 Å². The van der Waals surface area contributed by atoms with E-state index in [1.165, 1.54) is 12.1 Å². The first-order chi connectivity index (χ1) is 8.57. The van der Waals surface area contributed by atoms with E-state index in [-0.39, 0.29) is 17.0 Å². The number of piperidine rings is 1. The molecule has 0 amide bonds. The lowest BCUT2D eigenvalue weighted by molar-refractivity contribution is 0.0730. The summed E-state index contributed by atoms with van der Waals surface area (Å²) in [6, 6.07) is 4.60. The van der Waals surface area contributed by atoms with Gasteiger partial charge in [0.25, 0.3) is 0 Å². The summed E-state index contributed by atoms with van der Waals surface area (Å²) in [5.74, 6) is -0.242. The minimum absolute atomic E-state index is 0.0831. The van der Waals surface area contributed by atoms with E-state index in [4.69, 9.17) is 0 Å². The van der Waals surface area contributed by atoms with E-state index in [0.29, 0.717) is 12.1 Å². The van der Waals surface area contributed by atoms with Crippen molar-refractivity contribution >= 4 is 5.78 Å². The largest absolute Gasteiger partial charge is 0.316 e. The molecule has 1 fully saturated rings. The number of hydrogen-bond acceptors (Lipinski definition) is 2. The van der Waals surface area contributed by atoms with Crippen molar-refractivity contribution in [1.82, 2.24) is 5.32 Å². The van der Waals surface area contributed by atoms with Gasteiger partial charge in [-0.25, -0.2) is 4.39 Å². The van der Waals surface area contributed by atoms with Crippen molar-refractivity contribution in [3.05, 3.63) is 35.1 Å². The standard InChI is InChI=1S/C15H20FNO/c1-3-15(5-4-6-17-10-15)14(18)12-7-11(2)8-13(16)9-12/h7-9,17H,3-6,10H2,1-2H3. The summed E-state index contributed by atoms with van der Waals surface area (Å²) in [6.07, 6.45) is 2.70. The zero-order valence-corrected chi connectivity index (χ0v) is 11.1. The van der Waals surface area contributed by atoms with E-state index in [1.54, 1.807) is 6.07 Å². The van der Waals surface area contributed by atoms with E-state index in [2.05, 4.69) is 5.32 Å². The number of rotatable bonds is 3. The lowest BCUT2D eigenvalue weighted by Crippen LogP contribution is -2.45. The Morgan fingerprint density at radius 3 is 2.78 bits per heavy atom. The third kappa shape index (κ3) is 2.46. The molecule has 0 aliphatic carbocycles. The van der Waals surface area contributed by atoms with Crippen LogP contribution >= 0.6 is 0 Å². The fourth-order valence-corrected chi connectivity index (χ4v) is 2.80. The number of aryl methyl sites for hydroxylation is 1. The van der Waals surface area contributed by atoms with E-state index in [1.807, 2.05) is 13.8 Å². The number of carbonyl (C=O) groups is 1. The van der Waals surface area contributed by atoms with Gasteiger partial charge in [-0.05, 0) is 56.5 Å². The topological polar surface area (TPSA) is 29.1 Å². The Kier molecular flexibility index (Phi) is 3.81. The molecular weight excluding hydrogens is 229 g/mol. The molecule has 18 heavy (non-hydrogen) atoms. The molecule has 3 heteroatoms. The highest BCUT2D eigenvalue weighted by atomic mass is 19.1. The molecule has 1 saturated heterocycles. The monoisotopic (exact) mass is 249 g/mol. The van der Waals surface area contributed by atoms with Crippen LogP contribution in [0.4, 0.5) is 4.39 Å². The summed E-state index contributed by atoms with van der Waals surface area (Å²) in [4.78, 5) is 12.7. The van der Waals surface area contributed by atoms with Crippen LogP contribution in [0.2, 0.25) is 0 Å². The summed E-state index contributed by atoms with van der Waals surface area (Å²) in [5.41, 5.74) is 0.963. The lowest BCUT2D eigenvalue weighted by atomic mass is 9.72. The summed E-state index contributed by atoms with van der Waals surface area (Å²) in [6.45, 7) is 5.53. The van der Waals surface area contributed by atoms with Gasteiger partial charge in [-0.3, -0.25) is 4.79 Å². The molecule has 1 N–H and O–H groups in total. The minimum Gasteiger partial charge on any atom is -0.316 e. The van der Waals surface area contributed by atoms with Gasteiger partial charge in [-0.2, -0.15) is 0 Å². The molecule has 0 spiro atoms. The molecule has 0 bridgehead atoms. The van der Waals surface area contributed by atoms with Gasteiger partial charge >= 0.3 is 0 Å². The van der Waals surface area contributed by atoms with Crippen molar-refractivity contribution in [1.29, 1.82) is 0 Å². The normalized spacial score (nSPS) is 23.9. The Morgan fingerprint density at radius 1 is 1.44 bits per heavy atom. The van der Waals surface area contributed by atoms with Crippen LogP contribution in [0.1, 0.15) is 42.1 Å². The van der Waals surface area contributed by atoms with Gasteiger partial charge in [0.2, 0.25) is 0 Å². The van der Waals surface area contributed by atoms with E-state index in [0.717, 1.165) is 31.4 Å². The van der Waals surface area contributed by atoms with Gasteiger partial charge in [-0.15, -0.1) is 0 Å².